The molecule has 0 aromatic heterocycles. The van der Waals surface area contributed by atoms with Crippen molar-refractivity contribution in [1.29, 1.82) is 0 Å². The van der Waals surface area contributed by atoms with E-state index < -0.39 is 4.92 Å². The van der Waals surface area contributed by atoms with Crippen LogP contribution in [0.4, 0.5) is 5.69 Å². The third-order valence-electron chi connectivity index (χ3n) is 3.76. The minimum Gasteiger partial charge on any atom is -0.504 e. The second-order valence-electron chi connectivity index (χ2n) is 5.12. The molecule has 24 heavy (non-hydrogen) atoms. The Kier molecular flexibility index (Phi) is 3.99. The summed E-state index contributed by atoms with van der Waals surface area (Å²) in [5.41, 5.74) is 1.14. The molecule has 0 fully saturated rings. The highest BCUT2D eigenvalue weighted by atomic mass is 16.6. The molecule has 0 saturated carbocycles. The number of fused-ring (bicyclic) bond motifs is 1. The first-order valence-corrected chi connectivity index (χ1v) is 7.14. The van der Waals surface area contributed by atoms with E-state index in [9.17, 15) is 15.2 Å². The zero-order chi connectivity index (χ0) is 17.3. The summed E-state index contributed by atoms with van der Waals surface area (Å²) >= 11 is 0. The number of methoxy groups -OCH3 is 2. The Balaban J connectivity index is 2.00. The highest BCUT2D eigenvalue weighted by Crippen LogP contribution is 2.47. The van der Waals surface area contributed by atoms with E-state index in [1.165, 1.54) is 26.4 Å². The number of allylic oxidation sites excluding steroid dienone is 1. The van der Waals surface area contributed by atoms with Crippen LogP contribution in [0.3, 0.4) is 0 Å². The predicted molar refractivity (Wildman–Crippen MR) is 86.6 cm³/mol. The van der Waals surface area contributed by atoms with E-state index in [0.717, 1.165) is 0 Å². The number of ether oxygens (including phenoxy) is 3. The minimum absolute atomic E-state index is 0.0158. The van der Waals surface area contributed by atoms with Crippen LogP contribution in [0.25, 0.3) is 5.76 Å². The Hall–Kier alpha value is -3.22. The molecular weight excluding hydrogens is 314 g/mol. The number of phenolic OH excluding ortho intramolecular Hbond substituents is 1. The lowest BCUT2D eigenvalue weighted by Gasteiger charge is -2.21. The van der Waals surface area contributed by atoms with E-state index in [0.29, 0.717) is 34.8 Å². The fourth-order valence-electron chi connectivity index (χ4n) is 2.58. The van der Waals surface area contributed by atoms with E-state index in [1.54, 1.807) is 24.3 Å². The fraction of sp³-hybridized carbons (Fsp3) is 0.176. The van der Waals surface area contributed by atoms with E-state index in [2.05, 4.69) is 0 Å². The number of benzene rings is 2. The third-order valence-corrected chi connectivity index (χ3v) is 3.76. The topological polar surface area (TPSA) is 91.1 Å². The van der Waals surface area contributed by atoms with E-state index in [1.807, 2.05) is 0 Å². The van der Waals surface area contributed by atoms with Crippen molar-refractivity contribution in [3.05, 3.63) is 57.6 Å². The maximum Gasteiger partial charge on any atom is 0.270 e. The molecule has 2 aromatic rings. The van der Waals surface area contributed by atoms with Gasteiger partial charge in [0.2, 0.25) is 5.75 Å². The molecule has 0 unspecified atom stereocenters. The lowest BCUT2D eigenvalue weighted by atomic mass is 10.0. The molecule has 0 atom stereocenters. The summed E-state index contributed by atoms with van der Waals surface area (Å²) in [6.45, 7) is 0. The molecule has 1 heterocycles. The molecular formula is C17H15NO6. The van der Waals surface area contributed by atoms with Gasteiger partial charge in [-0.25, -0.2) is 0 Å². The molecule has 0 spiro atoms. The lowest BCUT2D eigenvalue weighted by Crippen LogP contribution is -2.06. The number of hydrogen-bond donors (Lipinski definition) is 1. The van der Waals surface area contributed by atoms with Crippen LogP contribution in [-0.2, 0) is 6.42 Å². The molecule has 0 radical (unpaired) electrons. The Bertz CT molecular complexity index is 843. The van der Waals surface area contributed by atoms with Gasteiger partial charge in [-0.05, 0) is 6.08 Å². The molecule has 1 aliphatic heterocycles. The fourth-order valence-corrected chi connectivity index (χ4v) is 2.58. The van der Waals surface area contributed by atoms with Gasteiger partial charge in [0.1, 0.15) is 11.5 Å². The summed E-state index contributed by atoms with van der Waals surface area (Å²) in [6, 6.07) is 7.81. The average Bonchev–Trinajstić information content (AvgIpc) is 2.61. The van der Waals surface area contributed by atoms with Crippen LogP contribution in [0.1, 0.15) is 11.1 Å². The van der Waals surface area contributed by atoms with E-state index in [-0.39, 0.29) is 17.2 Å². The largest absolute Gasteiger partial charge is 0.504 e. The molecule has 2 aromatic carbocycles. The first kappa shape index (κ1) is 15.7. The van der Waals surface area contributed by atoms with Crippen molar-refractivity contribution in [3.8, 4) is 23.0 Å². The molecule has 0 amide bonds. The lowest BCUT2D eigenvalue weighted by molar-refractivity contribution is -0.384. The van der Waals surface area contributed by atoms with Crippen LogP contribution in [0.2, 0.25) is 0 Å². The molecule has 1 N–H and O–H groups in total. The van der Waals surface area contributed by atoms with Crippen LogP contribution >= 0.6 is 0 Å². The zero-order valence-corrected chi connectivity index (χ0v) is 13.1. The zero-order valence-electron chi connectivity index (χ0n) is 13.1. The summed E-state index contributed by atoms with van der Waals surface area (Å²) in [6.07, 6.45) is 2.16. The first-order valence-electron chi connectivity index (χ1n) is 7.14. The molecule has 7 heteroatoms. The van der Waals surface area contributed by atoms with Gasteiger partial charge < -0.3 is 19.3 Å². The maximum absolute atomic E-state index is 10.9. The SMILES string of the molecule is COc1cc2c(c(O)c1OC)CC=C(c1cccc([N+](=O)[O-])c1)O2. The molecule has 124 valence electrons. The molecule has 3 rings (SSSR count). The summed E-state index contributed by atoms with van der Waals surface area (Å²) in [4.78, 5) is 10.5. The van der Waals surface area contributed by atoms with Crippen molar-refractivity contribution in [2.75, 3.05) is 14.2 Å². The molecule has 7 nitrogen and oxygen atoms in total. The van der Waals surface area contributed by atoms with Gasteiger partial charge >= 0.3 is 0 Å². The highest BCUT2D eigenvalue weighted by molar-refractivity contribution is 5.71. The Morgan fingerprint density at radius 1 is 1.25 bits per heavy atom. The van der Waals surface area contributed by atoms with Crippen LogP contribution < -0.4 is 14.2 Å². The summed E-state index contributed by atoms with van der Waals surface area (Å²) in [5, 5.41) is 21.2. The van der Waals surface area contributed by atoms with Crippen LogP contribution in [0, 0.1) is 10.1 Å². The summed E-state index contributed by atoms with van der Waals surface area (Å²) in [5.74, 6) is 1.45. The van der Waals surface area contributed by atoms with Crippen molar-refractivity contribution >= 4 is 11.4 Å². The number of phenols is 1. The number of nitrogens with zero attached hydrogens (tertiary/aromatic N) is 1. The van der Waals surface area contributed by atoms with Crippen molar-refractivity contribution in [3.63, 3.8) is 0 Å². The van der Waals surface area contributed by atoms with E-state index in [4.69, 9.17) is 14.2 Å². The van der Waals surface area contributed by atoms with Crippen molar-refractivity contribution in [2.24, 2.45) is 0 Å². The van der Waals surface area contributed by atoms with Crippen molar-refractivity contribution < 1.29 is 24.2 Å². The van der Waals surface area contributed by atoms with Gasteiger partial charge in [-0.2, -0.15) is 0 Å². The van der Waals surface area contributed by atoms with Crippen molar-refractivity contribution in [2.45, 2.75) is 6.42 Å². The van der Waals surface area contributed by atoms with Gasteiger partial charge in [0.25, 0.3) is 5.69 Å². The number of nitro groups is 1. The van der Waals surface area contributed by atoms with Gasteiger partial charge in [-0.3, -0.25) is 10.1 Å². The molecule has 0 saturated heterocycles. The highest BCUT2D eigenvalue weighted by Gasteiger charge is 2.24. The Labute approximate surface area is 137 Å². The smallest absolute Gasteiger partial charge is 0.270 e. The third kappa shape index (κ3) is 2.60. The predicted octanol–water partition coefficient (Wildman–Crippen LogP) is 3.29. The Morgan fingerprint density at radius 3 is 2.71 bits per heavy atom. The summed E-state index contributed by atoms with van der Waals surface area (Å²) < 4.78 is 16.2. The molecule has 1 aliphatic rings. The second kappa shape index (κ2) is 6.11. The number of nitro benzene ring substituents is 1. The number of aromatic hydroxyl groups is 1. The molecule has 0 bridgehead atoms. The standard InChI is InChI=1S/C17H15NO6/c1-22-15-9-14-12(16(19)17(15)23-2)6-7-13(24-14)10-4-3-5-11(8-10)18(20)21/h3-5,7-9,19H,6H2,1-2H3. The summed E-state index contributed by atoms with van der Waals surface area (Å²) in [7, 11) is 2.90. The number of rotatable bonds is 4. The van der Waals surface area contributed by atoms with Crippen LogP contribution in [0.5, 0.6) is 23.0 Å². The van der Waals surface area contributed by atoms with Gasteiger partial charge in [-0.15, -0.1) is 0 Å². The van der Waals surface area contributed by atoms with Gasteiger partial charge in [0.05, 0.1) is 19.1 Å². The van der Waals surface area contributed by atoms with Gasteiger partial charge in [-0.1, -0.05) is 12.1 Å². The first-order chi connectivity index (χ1) is 11.5. The molecule has 0 aliphatic carbocycles. The van der Waals surface area contributed by atoms with Crippen molar-refractivity contribution in [1.82, 2.24) is 0 Å². The maximum atomic E-state index is 10.9. The van der Waals surface area contributed by atoms with Crippen LogP contribution in [-0.4, -0.2) is 24.2 Å². The number of non-ortho nitro benzene ring substituents is 1. The normalized spacial score (nSPS) is 12.7. The Morgan fingerprint density at radius 2 is 2.04 bits per heavy atom. The van der Waals surface area contributed by atoms with Gasteiger partial charge in [0.15, 0.2) is 11.5 Å². The minimum atomic E-state index is -0.458. The second-order valence-corrected chi connectivity index (χ2v) is 5.12. The van der Waals surface area contributed by atoms with Gasteiger partial charge in [0, 0.05) is 35.7 Å². The number of hydrogen-bond acceptors (Lipinski definition) is 6. The quantitative estimate of drug-likeness (QED) is 0.683. The van der Waals surface area contributed by atoms with Crippen LogP contribution in [0.15, 0.2) is 36.4 Å². The monoisotopic (exact) mass is 329 g/mol. The average molecular weight is 329 g/mol. The van der Waals surface area contributed by atoms with E-state index >= 15 is 0 Å².